The number of halogens is 1. The minimum atomic E-state index is 0.233. The first kappa shape index (κ1) is 19.5. The van der Waals surface area contributed by atoms with Gasteiger partial charge >= 0.3 is 0 Å². The van der Waals surface area contributed by atoms with Crippen molar-refractivity contribution in [1.82, 2.24) is 24.5 Å². The second kappa shape index (κ2) is 7.74. The number of carbonyl (C=O) groups excluding carboxylic acids is 1. The number of benzene rings is 2. The third-order valence-electron chi connectivity index (χ3n) is 6.67. The van der Waals surface area contributed by atoms with Crippen LogP contribution in [0.4, 0.5) is 5.95 Å². The SMILES string of the molecule is O=C(C1CCC1)N1CCN(c2nc3ccccc3c3nnc(-c4ccccc4Cl)n23)CC1. The molecular weight excluding hydrogens is 424 g/mol. The molecule has 0 atom stereocenters. The van der Waals surface area contributed by atoms with Gasteiger partial charge in [-0.1, -0.05) is 42.3 Å². The minimum Gasteiger partial charge on any atom is -0.339 e. The lowest BCUT2D eigenvalue weighted by Crippen LogP contribution is -2.51. The summed E-state index contributed by atoms with van der Waals surface area (Å²) in [6.07, 6.45) is 3.25. The van der Waals surface area contributed by atoms with Gasteiger partial charge in [0.15, 0.2) is 11.5 Å². The van der Waals surface area contributed by atoms with Crippen molar-refractivity contribution in [2.24, 2.45) is 5.92 Å². The van der Waals surface area contributed by atoms with Gasteiger partial charge in [-0.25, -0.2) is 9.38 Å². The van der Waals surface area contributed by atoms with E-state index in [2.05, 4.69) is 15.1 Å². The highest BCUT2D eigenvalue weighted by Gasteiger charge is 2.32. The molecule has 1 aliphatic carbocycles. The van der Waals surface area contributed by atoms with Crippen LogP contribution < -0.4 is 4.90 Å². The molecule has 1 aliphatic heterocycles. The number of piperazine rings is 1. The summed E-state index contributed by atoms with van der Waals surface area (Å²) < 4.78 is 2.01. The van der Waals surface area contributed by atoms with E-state index in [9.17, 15) is 4.79 Å². The number of hydrogen-bond acceptors (Lipinski definition) is 5. The normalized spacial score (nSPS) is 17.2. The number of fused-ring (bicyclic) bond motifs is 3. The van der Waals surface area contributed by atoms with Crippen molar-refractivity contribution in [2.45, 2.75) is 19.3 Å². The van der Waals surface area contributed by atoms with Gasteiger partial charge in [0, 0.05) is 43.0 Å². The van der Waals surface area contributed by atoms with Crippen LogP contribution in [-0.4, -0.2) is 56.6 Å². The molecule has 8 heteroatoms. The first-order valence-electron chi connectivity index (χ1n) is 11.1. The molecule has 1 saturated carbocycles. The highest BCUT2D eigenvalue weighted by Crippen LogP contribution is 2.33. The average Bonchev–Trinajstić information content (AvgIpc) is 3.23. The average molecular weight is 447 g/mol. The summed E-state index contributed by atoms with van der Waals surface area (Å²) in [5, 5.41) is 10.6. The van der Waals surface area contributed by atoms with Gasteiger partial charge in [0.2, 0.25) is 11.9 Å². The van der Waals surface area contributed by atoms with Crippen molar-refractivity contribution in [3.8, 4) is 11.4 Å². The second-order valence-electron chi connectivity index (χ2n) is 8.53. The Morgan fingerprint density at radius 1 is 0.938 bits per heavy atom. The molecule has 6 rings (SSSR count). The molecule has 0 N–H and O–H groups in total. The molecule has 0 bridgehead atoms. The Bertz CT molecular complexity index is 1320. The maximum Gasteiger partial charge on any atom is 0.225 e. The lowest BCUT2D eigenvalue weighted by atomic mass is 9.84. The summed E-state index contributed by atoms with van der Waals surface area (Å²) in [5.41, 5.74) is 2.45. The molecule has 2 fully saturated rings. The van der Waals surface area contributed by atoms with E-state index in [-0.39, 0.29) is 5.92 Å². The summed E-state index contributed by atoms with van der Waals surface area (Å²) in [5.74, 6) is 2.01. The molecule has 1 amide bonds. The smallest absolute Gasteiger partial charge is 0.225 e. The fourth-order valence-corrected chi connectivity index (χ4v) is 4.86. The number of hydrogen-bond donors (Lipinski definition) is 0. The van der Waals surface area contributed by atoms with Crippen LogP contribution >= 0.6 is 11.6 Å². The number of amides is 1. The monoisotopic (exact) mass is 446 g/mol. The van der Waals surface area contributed by atoms with Gasteiger partial charge in [0.05, 0.1) is 10.5 Å². The predicted molar refractivity (Wildman–Crippen MR) is 125 cm³/mol. The van der Waals surface area contributed by atoms with Crippen LogP contribution in [-0.2, 0) is 4.79 Å². The van der Waals surface area contributed by atoms with Crippen LogP contribution in [0.25, 0.3) is 27.9 Å². The predicted octanol–water partition coefficient (Wildman–Crippen LogP) is 4.05. The Hall–Kier alpha value is -3.19. The van der Waals surface area contributed by atoms with Crippen LogP contribution in [0.1, 0.15) is 19.3 Å². The van der Waals surface area contributed by atoms with Crippen molar-refractivity contribution in [3.63, 3.8) is 0 Å². The standard InChI is InChI=1S/C24H23ClN6O/c25-19-10-3-1-8-17(19)21-27-28-22-18-9-2-4-11-20(18)26-24(31(21)22)30-14-12-29(13-15-30)23(32)16-6-5-7-16/h1-4,8-11,16H,5-7,12-15H2. The highest BCUT2D eigenvalue weighted by molar-refractivity contribution is 6.33. The minimum absolute atomic E-state index is 0.233. The van der Waals surface area contributed by atoms with E-state index in [0.29, 0.717) is 29.8 Å². The Morgan fingerprint density at radius 2 is 1.69 bits per heavy atom. The zero-order valence-electron chi connectivity index (χ0n) is 17.6. The van der Waals surface area contributed by atoms with E-state index in [4.69, 9.17) is 16.6 Å². The molecule has 4 aromatic rings. The van der Waals surface area contributed by atoms with E-state index in [1.54, 1.807) is 0 Å². The summed E-state index contributed by atoms with van der Waals surface area (Å²) in [6, 6.07) is 15.6. The molecule has 3 heterocycles. The van der Waals surface area contributed by atoms with Gasteiger partial charge < -0.3 is 9.80 Å². The Kier molecular flexibility index (Phi) is 4.72. The molecule has 162 valence electrons. The molecule has 7 nitrogen and oxygen atoms in total. The number of anilines is 1. The third-order valence-corrected chi connectivity index (χ3v) is 7.00. The first-order chi connectivity index (χ1) is 15.7. The molecule has 32 heavy (non-hydrogen) atoms. The number of carbonyl (C=O) groups is 1. The number of nitrogens with zero attached hydrogens (tertiary/aromatic N) is 6. The van der Waals surface area contributed by atoms with Gasteiger partial charge in [0.25, 0.3) is 0 Å². The van der Waals surface area contributed by atoms with E-state index in [1.807, 2.05) is 57.8 Å². The van der Waals surface area contributed by atoms with Crippen LogP contribution in [0.3, 0.4) is 0 Å². The Balaban J connectivity index is 1.43. The number of rotatable bonds is 3. The lowest BCUT2D eigenvalue weighted by Gasteiger charge is -2.38. The van der Waals surface area contributed by atoms with Crippen molar-refractivity contribution in [2.75, 3.05) is 31.1 Å². The van der Waals surface area contributed by atoms with E-state index in [1.165, 1.54) is 6.42 Å². The van der Waals surface area contributed by atoms with E-state index in [0.717, 1.165) is 54.0 Å². The molecule has 0 spiro atoms. The first-order valence-corrected chi connectivity index (χ1v) is 11.5. The zero-order chi connectivity index (χ0) is 21.7. The fourth-order valence-electron chi connectivity index (χ4n) is 4.64. The summed E-state index contributed by atoms with van der Waals surface area (Å²) in [4.78, 5) is 22.0. The fraction of sp³-hybridized carbons (Fsp3) is 0.333. The quantitative estimate of drug-likeness (QED) is 0.475. The number of aromatic nitrogens is 4. The third kappa shape index (κ3) is 3.11. The van der Waals surface area contributed by atoms with Crippen LogP contribution in [0.15, 0.2) is 48.5 Å². The molecule has 2 aromatic carbocycles. The van der Waals surface area contributed by atoms with Crippen molar-refractivity contribution < 1.29 is 4.79 Å². The molecule has 2 aromatic heterocycles. The van der Waals surface area contributed by atoms with Crippen molar-refractivity contribution in [1.29, 1.82) is 0 Å². The van der Waals surface area contributed by atoms with Gasteiger partial charge in [-0.2, -0.15) is 0 Å². The topological polar surface area (TPSA) is 66.6 Å². The molecule has 1 saturated heterocycles. The van der Waals surface area contributed by atoms with Crippen molar-refractivity contribution >= 4 is 40.0 Å². The molecule has 0 radical (unpaired) electrons. The van der Waals surface area contributed by atoms with Crippen LogP contribution in [0.5, 0.6) is 0 Å². The maximum absolute atomic E-state index is 12.7. The number of para-hydroxylation sites is 1. The van der Waals surface area contributed by atoms with Crippen LogP contribution in [0, 0.1) is 5.92 Å². The van der Waals surface area contributed by atoms with E-state index < -0.39 is 0 Å². The summed E-state index contributed by atoms with van der Waals surface area (Å²) >= 11 is 6.52. The second-order valence-corrected chi connectivity index (χ2v) is 8.94. The van der Waals surface area contributed by atoms with Gasteiger partial charge in [-0.3, -0.25) is 4.79 Å². The Labute approximate surface area is 190 Å². The van der Waals surface area contributed by atoms with Crippen molar-refractivity contribution in [3.05, 3.63) is 53.6 Å². The highest BCUT2D eigenvalue weighted by atomic mass is 35.5. The zero-order valence-corrected chi connectivity index (χ0v) is 18.4. The van der Waals surface area contributed by atoms with Crippen LogP contribution in [0.2, 0.25) is 5.02 Å². The summed E-state index contributed by atoms with van der Waals surface area (Å²) in [6.45, 7) is 2.85. The molecule has 0 unspecified atom stereocenters. The van der Waals surface area contributed by atoms with E-state index >= 15 is 0 Å². The van der Waals surface area contributed by atoms with Gasteiger partial charge in [-0.15, -0.1) is 10.2 Å². The van der Waals surface area contributed by atoms with Gasteiger partial charge in [-0.05, 0) is 37.1 Å². The Morgan fingerprint density at radius 3 is 2.44 bits per heavy atom. The lowest BCUT2D eigenvalue weighted by molar-refractivity contribution is -0.138. The largest absolute Gasteiger partial charge is 0.339 e. The van der Waals surface area contributed by atoms with Gasteiger partial charge in [0.1, 0.15) is 0 Å². The maximum atomic E-state index is 12.7. The molecular formula is C24H23ClN6O. The summed E-state index contributed by atoms with van der Waals surface area (Å²) in [7, 11) is 0. The molecule has 2 aliphatic rings.